The Morgan fingerprint density at radius 1 is 1.32 bits per heavy atom. The van der Waals surface area contributed by atoms with E-state index in [4.69, 9.17) is 5.11 Å². The van der Waals surface area contributed by atoms with E-state index in [2.05, 4.69) is 0 Å². The highest BCUT2D eigenvalue weighted by Crippen LogP contribution is 2.38. The van der Waals surface area contributed by atoms with Crippen LogP contribution in [0.25, 0.3) is 0 Å². The molecule has 0 aromatic heterocycles. The van der Waals surface area contributed by atoms with Gasteiger partial charge in [0.15, 0.2) is 0 Å². The van der Waals surface area contributed by atoms with E-state index in [0.717, 1.165) is 5.56 Å². The monoisotopic (exact) mass is 279 g/mol. The fourth-order valence-electron chi connectivity index (χ4n) is 2.13. The van der Waals surface area contributed by atoms with Gasteiger partial charge in [0.25, 0.3) is 0 Å². The van der Waals surface area contributed by atoms with Crippen molar-refractivity contribution in [2.75, 3.05) is 17.3 Å². The zero-order chi connectivity index (χ0) is 14.0. The van der Waals surface area contributed by atoms with Crippen molar-refractivity contribution in [3.8, 4) is 0 Å². The number of hydrogen-bond donors (Lipinski definition) is 1. The smallest absolute Gasteiger partial charge is 0.250 e. The minimum absolute atomic E-state index is 0.00621. The molecule has 102 valence electrons. The van der Waals surface area contributed by atoms with Crippen molar-refractivity contribution in [3.63, 3.8) is 0 Å². The van der Waals surface area contributed by atoms with Gasteiger partial charge in [-0.1, -0.05) is 17.7 Å². The number of aryl methyl sites for hydroxylation is 1. The summed E-state index contributed by atoms with van der Waals surface area (Å²) < 4.78 is -0.759. The van der Waals surface area contributed by atoms with E-state index >= 15 is 0 Å². The number of aliphatic hydroxyl groups excluding tert-OH is 1. The SMILES string of the molecule is Cc1ccc(N2C(=O)CC(C)(SCCO)C2=O)cc1. The highest BCUT2D eigenvalue weighted by atomic mass is 32.2. The van der Waals surface area contributed by atoms with Gasteiger partial charge >= 0.3 is 0 Å². The summed E-state index contributed by atoms with van der Waals surface area (Å²) >= 11 is 1.34. The first-order chi connectivity index (χ1) is 8.98. The molecule has 1 atom stereocenters. The van der Waals surface area contributed by atoms with Gasteiger partial charge in [-0.15, -0.1) is 11.8 Å². The van der Waals surface area contributed by atoms with Crippen LogP contribution in [-0.4, -0.2) is 34.0 Å². The second-order valence-electron chi connectivity index (χ2n) is 4.85. The van der Waals surface area contributed by atoms with Gasteiger partial charge < -0.3 is 5.11 Å². The molecule has 0 bridgehead atoms. The topological polar surface area (TPSA) is 57.6 Å². The number of rotatable bonds is 4. The molecule has 1 aliphatic heterocycles. The summed E-state index contributed by atoms with van der Waals surface area (Å²) in [5.74, 6) is 0.0821. The van der Waals surface area contributed by atoms with Crippen LogP contribution in [0.5, 0.6) is 0 Å². The molecule has 19 heavy (non-hydrogen) atoms. The summed E-state index contributed by atoms with van der Waals surface area (Å²) in [4.78, 5) is 25.8. The molecule has 1 aromatic carbocycles. The van der Waals surface area contributed by atoms with Crippen molar-refractivity contribution in [2.45, 2.75) is 25.0 Å². The highest BCUT2D eigenvalue weighted by Gasteiger charge is 2.49. The Labute approximate surface area is 116 Å². The lowest BCUT2D eigenvalue weighted by Gasteiger charge is -2.21. The molecule has 5 heteroatoms. The van der Waals surface area contributed by atoms with Crippen molar-refractivity contribution >= 4 is 29.3 Å². The van der Waals surface area contributed by atoms with Crippen LogP contribution in [0.4, 0.5) is 5.69 Å². The maximum Gasteiger partial charge on any atom is 0.250 e. The largest absolute Gasteiger partial charge is 0.396 e. The zero-order valence-electron chi connectivity index (χ0n) is 11.0. The Hall–Kier alpha value is -1.33. The van der Waals surface area contributed by atoms with Gasteiger partial charge in [-0.3, -0.25) is 9.59 Å². The average molecular weight is 279 g/mol. The molecule has 1 aliphatic rings. The molecular weight excluding hydrogens is 262 g/mol. The maximum absolute atomic E-state index is 12.4. The summed E-state index contributed by atoms with van der Waals surface area (Å²) in [6, 6.07) is 7.33. The van der Waals surface area contributed by atoms with Gasteiger partial charge in [0.1, 0.15) is 4.75 Å². The summed E-state index contributed by atoms with van der Waals surface area (Å²) in [5.41, 5.74) is 1.70. The number of thioether (sulfide) groups is 1. The quantitative estimate of drug-likeness (QED) is 0.853. The van der Waals surface area contributed by atoms with E-state index < -0.39 is 4.75 Å². The summed E-state index contributed by atoms with van der Waals surface area (Å²) in [6.07, 6.45) is 0.185. The van der Waals surface area contributed by atoms with Gasteiger partial charge in [-0.25, -0.2) is 4.90 Å². The molecule has 0 saturated carbocycles. The Morgan fingerprint density at radius 2 is 1.95 bits per heavy atom. The number of hydrogen-bond acceptors (Lipinski definition) is 4. The number of imide groups is 1. The molecule has 0 spiro atoms. The van der Waals surface area contributed by atoms with Gasteiger partial charge in [0.05, 0.1) is 18.7 Å². The van der Waals surface area contributed by atoms with Crippen LogP contribution < -0.4 is 4.90 Å². The predicted molar refractivity (Wildman–Crippen MR) is 76.2 cm³/mol. The number of benzene rings is 1. The number of carbonyl (C=O) groups excluding carboxylic acids is 2. The van der Waals surface area contributed by atoms with Crippen LogP contribution >= 0.6 is 11.8 Å². The molecule has 1 heterocycles. The molecule has 1 fully saturated rings. The summed E-state index contributed by atoms with van der Waals surface area (Å²) in [7, 11) is 0. The Morgan fingerprint density at radius 3 is 2.53 bits per heavy atom. The van der Waals surface area contributed by atoms with Crippen LogP contribution in [0.15, 0.2) is 24.3 Å². The Kier molecular flexibility index (Phi) is 3.96. The van der Waals surface area contributed by atoms with Gasteiger partial charge in [0, 0.05) is 5.75 Å². The molecular formula is C14H17NO3S. The molecule has 0 aliphatic carbocycles. The first-order valence-electron chi connectivity index (χ1n) is 6.17. The Balaban J connectivity index is 2.25. The van der Waals surface area contributed by atoms with Crippen LogP contribution in [0.1, 0.15) is 18.9 Å². The van der Waals surface area contributed by atoms with E-state index in [-0.39, 0.29) is 24.8 Å². The van der Waals surface area contributed by atoms with Crippen LogP contribution in [0.2, 0.25) is 0 Å². The van der Waals surface area contributed by atoms with E-state index in [1.165, 1.54) is 16.7 Å². The summed E-state index contributed by atoms with van der Waals surface area (Å²) in [5, 5.41) is 8.88. The molecule has 1 N–H and O–H groups in total. The van der Waals surface area contributed by atoms with E-state index in [1.54, 1.807) is 19.1 Å². The predicted octanol–water partition coefficient (Wildman–Crippen LogP) is 1.74. The van der Waals surface area contributed by atoms with E-state index in [9.17, 15) is 9.59 Å². The van der Waals surface area contributed by atoms with E-state index in [0.29, 0.717) is 11.4 Å². The van der Waals surface area contributed by atoms with Crippen LogP contribution in [0.3, 0.4) is 0 Å². The third-order valence-corrected chi connectivity index (χ3v) is 4.54. The Bertz CT molecular complexity index is 500. The normalized spacial score (nSPS) is 23.2. The standard InChI is InChI=1S/C14H17NO3S/c1-10-3-5-11(6-4-10)15-12(17)9-14(2,13(15)18)19-8-7-16/h3-6,16H,7-9H2,1-2H3. The molecule has 2 amide bonds. The van der Waals surface area contributed by atoms with Crippen molar-refractivity contribution in [1.29, 1.82) is 0 Å². The second kappa shape index (κ2) is 5.35. The lowest BCUT2D eigenvalue weighted by atomic mass is 10.1. The number of amides is 2. The fourth-order valence-corrected chi connectivity index (χ4v) is 3.11. The molecule has 1 aromatic rings. The van der Waals surface area contributed by atoms with Gasteiger partial charge in [-0.05, 0) is 26.0 Å². The number of nitrogens with zero attached hydrogens (tertiary/aromatic N) is 1. The molecule has 4 nitrogen and oxygen atoms in total. The van der Waals surface area contributed by atoms with Crippen molar-refractivity contribution in [1.82, 2.24) is 0 Å². The van der Waals surface area contributed by atoms with Crippen molar-refractivity contribution in [2.24, 2.45) is 0 Å². The lowest BCUT2D eigenvalue weighted by Crippen LogP contribution is -2.36. The molecule has 0 radical (unpaired) electrons. The van der Waals surface area contributed by atoms with Crippen LogP contribution in [-0.2, 0) is 9.59 Å². The zero-order valence-corrected chi connectivity index (χ0v) is 11.9. The molecule has 1 saturated heterocycles. The van der Waals surface area contributed by atoms with Crippen molar-refractivity contribution in [3.05, 3.63) is 29.8 Å². The third-order valence-electron chi connectivity index (χ3n) is 3.20. The first-order valence-corrected chi connectivity index (χ1v) is 7.15. The van der Waals surface area contributed by atoms with Gasteiger partial charge in [0.2, 0.25) is 11.8 Å². The van der Waals surface area contributed by atoms with Gasteiger partial charge in [-0.2, -0.15) is 0 Å². The summed E-state index contributed by atoms with van der Waals surface area (Å²) in [6.45, 7) is 3.73. The number of anilines is 1. The molecule has 1 unspecified atom stereocenters. The lowest BCUT2D eigenvalue weighted by molar-refractivity contribution is -0.121. The number of aliphatic hydroxyl groups is 1. The highest BCUT2D eigenvalue weighted by molar-refractivity contribution is 8.01. The first kappa shape index (κ1) is 14.1. The van der Waals surface area contributed by atoms with E-state index in [1.807, 2.05) is 19.1 Å². The maximum atomic E-state index is 12.4. The van der Waals surface area contributed by atoms with Crippen LogP contribution in [0, 0.1) is 6.92 Å². The second-order valence-corrected chi connectivity index (χ2v) is 6.45. The minimum Gasteiger partial charge on any atom is -0.396 e. The number of carbonyl (C=O) groups is 2. The molecule has 2 rings (SSSR count). The minimum atomic E-state index is -0.759. The van der Waals surface area contributed by atoms with Crippen molar-refractivity contribution < 1.29 is 14.7 Å². The third kappa shape index (κ3) is 2.67. The average Bonchev–Trinajstić information content (AvgIpc) is 2.60. The fraction of sp³-hybridized carbons (Fsp3) is 0.429.